The van der Waals surface area contributed by atoms with E-state index in [1.54, 1.807) is 0 Å². The number of hydrogen-bond donors (Lipinski definition) is 1. The maximum absolute atomic E-state index is 10.9. The molecule has 0 saturated carbocycles. The molecule has 0 atom stereocenters. The second-order valence-corrected chi connectivity index (χ2v) is 3.72. The van der Waals surface area contributed by atoms with Gasteiger partial charge in [-0.2, -0.15) is 0 Å². The first-order valence-electron chi connectivity index (χ1n) is 3.72. The van der Waals surface area contributed by atoms with Gasteiger partial charge in [-0.15, -0.1) is 0 Å². The zero-order chi connectivity index (χ0) is 10.7. The van der Waals surface area contributed by atoms with Gasteiger partial charge in [0.05, 0.1) is 3.57 Å². The van der Waals surface area contributed by atoms with Crippen molar-refractivity contribution < 1.29 is 19.4 Å². The monoisotopic (exact) mass is 306 g/mol. The van der Waals surface area contributed by atoms with Crippen molar-refractivity contribution in [3.05, 3.63) is 21.8 Å². The number of carbonyl (C=O) groups excluding carboxylic acids is 2. The van der Waals surface area contributed by atoms with E-state index in [2.05, 4.69) is 0 Å². The van der Waals surface area contributed by atoms with Crippen molar-refractivity contribution in [2.45, 2.75) is 6.92 Å². The molecule has 0 aliphatic rings. The molecule has 0 radical (unpaired) electrons. The molecule has 0 spiro atoms. The minimum absolute atomic E-state index is 0.105. The summed E-state index contributed by atoms with van der Waals surface area (Å²) in [7, 11) is 0. The van der Waals surface area contributed by atoms with Crippen LogP contribution in [0.25, 0.3) is 0 Å². The Morgan fingerprint density at radius 1 is 1.43 bits per heavy atom. The number of hydrogen-bond acceptors (Lipinski definition) is 4. The summed E-state index contributed by atoms with van der Waals surface area (Å²) in [4.78, 5) is 21.4. The van der Waals surface area contributed by atoms with Gasteiger partial charge in [0.1, 0.15) is 11.5 Å². The summed E-state index contributed by atoms with van der Waals surface area (Å²) in [5, 5.41) is 9.17. The molecule has 1 aromatic carbocycles. The molecule has 0 unspecified atom stereocenters. The van der Waals surface area contributed by atoms with Crippen LogP contribution in [0.4, 0.5) is 0 Å². The lowest BCUT2D eigenvalue weighted by Gasteiger charge is -2.02. The van der Waals surface area contributed by atoms with Gasteiger partial charge >= 0.3 is 5.97 Å². The van der Waals surface area contributed by atoms with Crippen molar-refractivity contribution in [2.75, 3.05) is 0 Å². The van der Waals surface area contributed by atoms with E-state index in [4.69, 9.17) is 4.74 Å². The second-order valence-electron chi connectivity index (χ2n) is 2.56. The van der Waals surface area contributed by atoms with Crippen LogP contribution < -0.4 is 4.74 Å². The number of Topliss-reactive ketones (excluding diaryl/α,β-unsaturated/α-hetero) is 1. The van der Waals surface area contributed by atoms with Gasteiger partial charge in [0.15, 0.2) is 0 Å². The molecule has 1 N–H and O–H groups in total. The largest absolute Gasteiger partial charge is 0.507 e. The van der Waals surface area contributed by atoms with Gasteiger partial charge < -0.3 is 9.84 Å². The van der Waals surface area contributed by atoms with Crippen LogP contribution in [0.1, 0.15) is 6.92 Å². The summed E-state index contributed by atoms with van der Waals surface area (Å²) in [5.74, 6) is -1.22. The minimum atomic E-state index is -0.911. The molecule has 0 aromatic heterocycles. The lowest BCUT2D eigenvalue weighted by Crippen LogP contribution is -2.16. The molecule has 0 amide bonds. The quantitative estimate of drug-likeness (QED) is 0.389. The molecule has 1 aromatic rings. The summed E-state index contributed by atoms with van der Waals surface area (Å²) in [5.41, 5.74) is 0. The predicted molar refractivity (Wildman–Crippen MR) is 57.1 cm³/mol. The third kappa shape index (κ3) is 2.69. The standard InChI is InChI=1S/C9H7IO4/c1-5(11)9(13)14-6-2-3-8(12)7(10)4-6/h2-4,12H,1H3. The maximum Gasteiger partial charge on any atom is 0.379 e. The van der Waals surface area contributed by atoms with E-state index in [0.717, 1.165) is 6.92 Å². The number of halogens is 1. The molecule has 0 saturated heterocycles. The molecule has 0 aliphatic carbocycles. The van der Waals surface area contributed by atoms with Gasteiger partial charge in [0.2, 0.25) is 5.78 Å². The minimum Gasteiger partial charge on any atom is -0.507 e. The lowest BCUT2D eigenvalue weighted by atomic mass is 10.3. The van der Waals surface area contributed by atoms with E-state index >= 15 is 0 Å². The van der Waals surface area contributed by atoms with E-state index in [1.807, 2.05) is 22.6 Å². The van der Waals surface area contributed by atoms with E-state index in [0.29, 0.717) is 3.57 Å². The Labute approximate surface area is 94.0 Å². The number of ketones is 1. The van der Waals surface area contributed by atoms with E-state index in [9.17, 15) is 14.7 Å². The number of aromatic hydroxyl groups is 1. The molecule has 14 heavy (non-hydrogen) atoms. The zero-order valence-electron chi connectivity index (χ0n) is 7.28. The molecule has 0 heterocycles. The SMILES string of the molecule is CC(=O)C(=O)Oc1ccc(O)c(I)c1. The van der Waals surface area contributed by atoms with E-state index < -0.39 is 11.8 Å². The lowest BCUT2D eigenvalue weighted by molar-refractivity contribution is -0.146. The number of benzene rings is 1. The molecular weight excluding hydrogens is 299 g/mol. The van der Waals surface area contributed by atoms with Gasteiger partial charge in [0.25, 0.3) is 0 Å². The predicted octanol–water partition coefficient (Wildman–Crippen LogP) is 1.49. The van der Waals surface area contributed by atoms with Gasteiger partial charge in [-0.3, -0.25) is 4.79 Å². The van der Waals surface area contributed by atoms with Crippen LogP contribution in [0.3, 0.4) is 0 Å². The number of phenols is 1. The number of phenolic OH excluding ortho intramolecular Hbond substituents is 1. The number of esters is 1. The highest BCUT2D eigenvalue weighted by atomic mass is 127. The Bertz CT molecular complexity index is 386. The third-order valence-corrected chi connectivity index (χ3v) is 2.28. The average Bonchev–Trinajstić information content (AvgIpc) is 2.11. The number of rotatable bonds is 2. The fourth-order valence-electron chi connectivity index (χ4n) is 0.730. The first kappa shape index (κ1) is 11.0. The Hall–Kier alpha value is -1.11. The molecule has 74 valence electrons. The van der Waals surface area contributed by atoms with Gasteiger partial charge in [-0.1, -0.05) is 0 Å². The van der Waals surface area contributed by atoms with E-state index in [-0.39, 0.29) is 11.5 Å². The molecule has 5 heteroatoms. The Balaban J connectivity index is 2.83. The van der Waals surface area contributed by atoms with E-state index in [1.165, 1.54) is 18.2 Å². The van der Waals surface area contributed by atoms with Crippen molar-refractivity contribution in [2.24, 2.45) is 0 Å². The zero-order valence-corrected chi connectivity index (χ0v) is 9.44. The molecule has 1 rings (SSSR count). The fraction of sp³-hybridized carbons (Fsp3) is 0.111. The number of ether oxygens (including phenoxy) is 1. The molecule has 0 bridgehead atoms. The maximum atomic E-state index is 10.9. The van der Waals surface area contributed by atoms with Gasteiger partial charge in [-0.25, -0.2) is 4.79 Å². The van der Waals surface area contributed by atoms with Crippen LogP contribution in [0, 0.1) is 3.57 Å². The van der Waals surface area contributed by atoms with Crippen molar-refractivity contribution in [1.82, 2.24) is 0 Å². The number of carbonyl (C=O) groups is 2. The highest BCUT2D eigenvalue weighted by molar-refractivity contribution is 14.1. The summed E-state index contributed by atoms with van der Waals surface area (Å²) < 4.78 is 5.26. The van der Waals surface area contributed by atoms with Gasteiger partial charge in [-0.05, 0) is 40.8 Å². The van der Waals surface area contributed by atoms with Crippen LogP contribution in [-0.2, 0) is 9.59 Å². The third-order valence-electron chi connectivity index (χ3n) is 1.42. The van der Waals surface area contributed by atoms with Crippen LogP contribution in [-0.4, -0.2) is 16.9 Å². The first-order chi connectivity index (χ1) is 6.50. The van der Waals surface area contributed by atoms with Gasteiger partial charge in [0, 0.05) is 6.92 Å². The van der Waals surface area contributed by atoms with Crippen molar-refractivity contribution in [1.29, 1.82) is 0 Å². The smallest absolute Gasteiger partial charge is 0.379 e. The Kier molecular flexibility index (Phi) is 3.45. The highest BCUT2D eigenvalue weighted by Gasteiger charge is 2.10. The van der Waals surface area contributed by atoms with Crippen molar-refractivity contribution in [3.63, 3.8) is 0 Å². The van der Waals surface area contributed by atoms with Crippen molar-refractivity contribution >= 4 is 34.3 Å². The van der Waals surface area contributed by atoms with Crippen LogP contribution in [0.5, 0.6) is 11.5 Å². The summed E-state index contributed by atoms with van der Waals surface area (Å²) >= 11 is 1.89. The summed E-state index contributed by atoms with van der Waals surface area (Å²) in [6.45, 7) is 1.13. The summed E-state index contributed by atoms with van der Waals surface area (Å²) in [6.07, 6.45) is 0. The highest BCUT2D eigenvalue weighted by Crippen LogP contribution is 2.24. The first-order valence-corrected chi connectivity index (χ1v) is 4.80. The molecular formula is C9H7IO4. The molecule has 0 fully saturated rings. The van der Waals surface area contributed by atoms with Crippen LogP contribution >= 0.6 is 22.6 Å². The summed E-state index contributed by atoms with van der Waals surface area (Å²) in [6, 6.07) is 4.28. The van der Waals surface area contributed by atoms with Crippen LogP contribution in [0.2, 0.25) is 0 Å². The Morgan fingerprint density at radius 3 is 2.57 bits per heavy atom. The van der Waals surface area contributed by atoms with Crippen molar-refractivity contribution in [3.8, 4) is 11.5 Å². The molecule has 0 aliphatic heterocycles. The Morgan fingerprint density at radius 2 is 2.07 bits per heavy atom. The normalized spacial score (nSPS) is 9.57. The molecule has 4 nitrogen and oxygen atoms in total. The second kappa shape index (κ2) is 4.41. The topological polar surface area (TPSA) is 63.6 Å². The fourth-order valence-corrected chi connectivity index (χ4v) is 1.22. The van der Waals surface area contributed by atoms with Crippen LogP contribution in [0.15, 0.2) is 18.2 Å². The average molecular weight is 306 g/mol.